The molecule has 29 heavy (non-hydrogen) atoms. The highest BCUT2D eigenvalue weighted by Gasteiger charge is 2.42. The second-order valence-corrected chi connectivity index (χ2v) is 9.13. The van der Waals surface area contributed by atoms with Crippen molar-refractivity contribution in [1.29, 1.82) is 0 Å². The molecule has 1 spiro atoms. The van der Waals surface area contributed by atoms with E-state index >= 15 is 0 Å². The van der Waals surface area contributed by atoms with Crippen LogP contribution in [0.1, 0.15) is 60.5 Å². The van der Waals surface area contributed by atoms with Gasteiger partial charge in [0.15, 0.2) is 12.4 Å². The highest BCUT2D eigenvalue weighted by molar-refractivity contribution is 5.94. The molecule has 1 atom stereocenters. The van der Waals surface area contributed by atoms with Crippen LogP contribution in [0, 0.1) is 10.6 Å². The summed E-state index contributed by atoms with van der Waals surface area (Å²) in [7, 11) is 0. The molecule has 0 N–H and O–H groups in total. The summed E-state index contributed by atoms with van der Waals surface area (Å²) in [6.07, 6.45) is 6.23. The van der Waals surface area contributed by atoms with E-state index in [-0.39, 0.29) is 11.3 Å². The largest absolute Gasteiger partial charge is 0.619 e. The first-order valence-electron chi connectivity index (χ1n) is 10.7. The van der Waals surface area contributed by atoms with Gasteiger partial charge in [-0.15, -0.1) is 0 Å². The van der Waals surface area contributed by atoms with Crippen LogP contribution in [-0.4, -0.2) is 41.9 Å². The SMILES string of the molecule is CC(C)c1ccc(CN2CCC[C@@]3(CCN(C(=O)c4cc[n+]([O-])cc4)C3)C2)cc1. The number of amides is 1. The molecule has 0 unspecified atom stereocenters. The van der Waals surface area contributed by atoms with Crippen molar-refractivity contribution < 1.29 is 9.52 Å². The van der Waals surface area contributed by atoms with E-state index in [4.69, 9.17) is 0 Å². The third kappa shape index (κ3) is 4.45. The maximum absolute atomic E-state index is 12.8. The zero-order valence-electron chi connectivity index (χ0n) is 17.5. The van der Waals surface area contributed by atoms with Crippen LogP contribution in [0.25, 0.3) is 0 Å². The number of hydrogen-bond donors (Lipinski definition) is 0. The van der Waals surface area contributed by atoms with E-state index in [9.17, 15) is 10.0 Å². The molecule has 0 saturated carbocycles. The first kappa shape index (κ1) is 19.9. The van der Waals surface area contributed by atoms with Crippen LogP contribution in [0.5, 0.6) is 0 Å². The Morgan fingerprint density at radius 2 is 1.79 bits per heavy atom. The minimum absolute atomic E-state index is 0.0453. The van der Waals surface area contributed by atoms with Crippen LogP contribution in [0.2, 0.25) is 0 Å². The standard InChI is InChI=1S/C24H31N3O2/c1-19(2)21-6-4-20(5-7-21)16-25-12-3-10-24(17-25)11-15-26(18-24)23(28)22-8-13-27(29)14-9-22/h4-9,13-14,19H,3,10-12,15-18H2,1-2H3/t24-/m1/s1. The zero-order chi connectivity index (χ0) is 20.4. The summed E-state index contributed by atoms with van der Waals surface area (Å²) in [5.74, 6) is 0.608. The molecule has 4 rings (SSSR count). The maximum Gasteiger partial charge on any atom is 0.254 e. The minimum Gasteiger partial charge on any atom is -0.619 e. The summed E-state index contributed by atoms with van der Waals surface area (Å²) in [4.78, 5) is 17.4. The van der Waals surface area contributed by atoms with Crippen LogP contribution in [0.4, 0.5) is 0 Å². The Morgan fingerprint density at radius 3 is 2.48 bits per heavy atom. The Kier molecular flexibility index (Phi) is 5.59. The van der Waals surface area contributed by atoms with Crippen molar-refractivity contribution in [3.63, 3.8) is 0 Å². The molecule has 0 radical (unpaired) electrons. The van der Waals surface area contributed by atoms with E-state index in [1.54, 1.807) is 12.1 Å². The number of hydrogen-bond acceptors (Lipinski definition) is 3. The molecule has 2 fully saturated rings. The van der Waals surface area contributed by atoms with E-state index < -0.39 is 0 Å². The van der Waals surface area contributed by atoms with Gasteiger partial charge in [0.05, 0.1) is 5.56 Å². The van der Waals surface area contributed by atoms with E-state index in [0.717, 1.165) is 43.9 Å². The van der Waals surface area contributed by atoms with Crippen molar-refractivity contribution in [1.82, 2.24) is 9.80 Å². The Balaban J connectivity index is 1.39. The number of aromatic nitrogens is 1. The summed E-state index contributed by atoms with van der Waals surface area (Å²) in [6.45, 7) is 9.25. The number of carbonyl (C=O) groups is 1. The monoisotopic (exact) mass is 393 g/mol. The number of pyridine rings is 1. The topological polar surface area (TPSA) is 50.5 Å². The van der Waals surface area contributed by atoms with Gasteiger partial charge < -0.3 is 10.1 Å². The summed E-state index contributed by atoms with van der Waals surface area (Å²) >= 11 is 0. The number of likely N-dealkylation sites (tertiary alicyclic amines) is 2. The van der Waals surface area contributed by atoms with Crippen LogP contribution in [-0.2, 0) is 6.54 Å². The summed E-state index contributed by atoms with van der Waals surface area (Å²) in [5, 5.41) is 11.2. The Morgan fingerprint density at radius 1 is 1.07 bits per heavy atom. The van der Waals surface area contributed by atoms with Crippen molar-refractivity contribution in [3.8, 4) is 0 Å². The van der Waals surface area contributed by atoms with Gasteiger partial charge in [0.25, 0.3) is 5.91 Å². The minimum atomic E-state index is 0.0453. The molecule has 3 heterocycles. The molecule has 2 aliphatic rings. The van der Waals surface area contributed by atoms with Gasteiger partial charge in [0.2, 0.25) is 0 Å². The zero-order valence-corrected chi connectivity index (χ0v) is 17.5. The summed E-state index contributed by atoms with van der Waals surface area (Å²) in [6, 6.07) is 12.3. The second-order valence-electron chi connectivity index (χ2n) is 9.13. The lowest BCUT2D eigenvalue weighted by Gasteiger charge is -2.40. The van der Waals surface area contributed by atoms with Crippen LogP contribution in [0.15, 0.2) is 48.8 Å². The lowest BCUT2D eigenvalue weighted by Crippen LogP contribution is -2.45. The molecule has 1 aromatic carbocycles. The molecule has 2 aromatic rings. The summed E-state index contributed by atoms with van der Waals surface area (Å²) < 4.78 is 0.717. The molecule has 0 bridgehead atoms. The fraction of sp³-hybridized carbons (Fsp3) is 0.500. The van der Waals surface area contributed by atoms with Crippen LogP contribution < -0.4 is 4.73 Å². The molecule has 1 amide bonds. The second kappa shape index (κ2) is 8.15. The fourth-order valence-electron chi connectivity index (χ4n) is 4.89. The number of nitrogens with zero attached hydrogens (tertiary/aromatic N) is 3. The number of benzene rings is 1. The average Bonchev–Trinajstić information content (AvgIpc) is 3.11. The smallest absolute Gasteiger partial charge is 0.254 e. The van der Waals surface area contributed by atoms with Gasteiger partial charge in [-0.25, -0.2) is 0 Å². The normalized spacial score (nSPS) is 22.5. The molecule has 0 aliphatic carbocycles. The first-order valence-corrected chi connectivity index (χ1v) is 10.7. The molecule has 154 valence electrons. The fourth-order valence-corrected chi connectivity index (χ4v) is 4.89. The Hall–Kier alpha value is -2.40. The molecular weight excluding hydrogens is 362 g/mol. The van der Waals surface area contributed by atoms with E-state index in [0.29, 0.717) is 11.5 Å². The molecule has 1 aromatic heterocycles. The molecule has 5 heteroatoms. The van der Waals surface area contributed by atoms with Gasteiger partial charge in [-0.05, 0) is 42.9 Å². The third-order valence-corrected chi connectivity index (χ3v) is 6.57. The maximum atomic E-state index is 12.8. The van der Waals surface area contributed by atoms with Gasteiger partial charge >= 0.3 is 0 Å². The molecule has 2 aliphatic heterocycles. The van der Waals surface area contributed by atoms with Crippen molar-refractivity contribution in [2.75, 3.05) is 26.2 Å². The molecule has 2 saturated heterocycles. The number of rotatable bonds is 4. The van der Waals surface area contributed by atoms with E-state index in [1.807, 2.05) is 4.90 Å². The number of piperidine rings is 1. The third-order valence-electron chi connectivity index (χ3n) is 6.57. The van der Waals surface area contributed by atoms with E-state index in [1.165, 1.54) is 36.4 Å². The van der Waals surface area contributed by atoms with Crippen LogP contribution >= 0.6 is 0 Å². The lowest BCUT2D eigenvalue weighted by atomic mass is 9.79. The van der Waals surface area contributed by atoms with Gasteiger partial charge in [0, 0.05) is 43.7 Å². The van der Waals surface area contributed by atoms with Gasteiger partial charge in [-0.1, -0.05) is 38.1 Å². The lowest BCUT2D eigenvalue weighted by molar-refractivity contribution is -0.605. The van der Waals surface area contributed by atoms with E-state index in [2.05, 4.69) is 43.0 Å². The Bertz CT molecular complexity index is 847. The Labute approximate surface area is 173 Å². The molecular formula is C24H31N3O2. The predicted molar refractivity (Wildman–Crippen MR) is 113 cm³/mol. The highest BCUT2D eigenvalue weighted by atomic mass is 16.5. The summed E-state index contributed by atoms with van der Waals surface area (Å²) in [5.41, 5.74) is 3.57. The number of carbonyl (C=O) groups excluding carboxylic acids is 1. The van der Waals surface area contributed by atoms with Gasteiger partial charge in [0.1, 0.15) is 0 Å². The van der Waals surface area contributed by atoms with Crippen molar-refractivity contribution in [3.05, 3.63) is 70.7 Å². The quantitative estimate of drug-likeness (QED) is 0.589. The van der Waals surface area contributed by atoms with Gasteiger partial charge in [-0.3, -0.25) is 9.69 Å². The molecule has 5 nitrogen and oxygen atoms in total. The highest BCUT2D eigenvalue weighted by Crippen LogP contribution is 2.39. The average molecular weight is 394 g/mol. The van der Waals surface area contributed by atoms with Crippen molar-refractivity contribution in [2.45, 2.75) is 45.6 Å². The van der Waals surface area contributed by atoms with Crippen molar-refractivity contribution in [2.24, 2.45) is 5.41 Å². The predicted octanol–water partition coefficient (Wildman–Crippen LogP) is 3.57. The van der Waals surface area contributed by atoms with Crippen LogP contribution in [0.3, 0.4) is 0 Å². The van der Waals surface area contributed by atoms with Crippen molar-refractivity contribution >= 4 is 5.91 Å². The van der Waals surface area contributed by atoms with Gasteiger partial charge in [-0.2, -0.15) is 4.73 Å². The first-order chi connectivity index (χ1) is 13.9.